The molecule has 0 aliphatic carbocycles. The molecule has 39 heavy (non-hydrogen) atoms. The molecule has 0 bridgehead atoms. The minimum Gasteiger partial charge on any atom is -0.394 e. The van der Waals surface area contributed by atoms with E-state index in [-0.39, 0.29) is 13.2 Å². The SMILES string of the molecule is CCCCCCCCCCCCCCCCOCCCOP(=O)(O)CO[C@H](CO)Cn1cc(F)c(=O)[nH]c1=O. The second-order valence-corrected chi connectivity index (χ2v) is 11.8. The Hall–Kier alpha value is -1.36. The van der Waals surface area contributed by atoms with Crippen LogP contribution in [0.15, 0.2) is 15.8 Å². The summed E-state index contributed by atoms with van der Waals surface area (Å²) in [5.74, 6) is -1.17. The average molecular weight is 581 g/mol. The van der Waals surface area contributed by atoms with Crippen molar-refractivity contribution in [2.24, 2.45) is 0 Å². The number of aromatic nitrogens is 2. The first-order valence-corrected chi connectivity index (χ1v) is 16.3. The molecule has 0 saturated carbocycles. The number of unbranched alkanes of at least 4 members (excludes halogenated alkanes) is 13. The van der Waals surface area contributed by atoms with Crippen LogP contribution in [-0.2, 0) is 25.1 Å². The van der Waals surface area contributed by atoms with Crippen molar-refractivity contribution in [3.8, 4) is 0 Å². The first-order valence-electron chi connectivity index (χ1n) is 14.5. The van der Waals surface area contributed by atoms with Crippen molar-refractivity contribution in [2.45, 2.75) is 116 Å². The second kappa shape index (κ2) is 22.3. The lowest BCUT2D eigenvalue weighted by atomic mass is 10.0. The Labute approximate surface area is 231 Å². The summed E-state index contributed by atoms with van der Waals surface area (Å²) in [5, 5.41) is 9.41. The predicted molar refractivity (Wildman–Crippen MR) is 150 cm³/mol. The maximum atomic E-state index is 13.4. The van der Waals surface area contributed by atoms with Crippen LogP contribution in [0.25, 0.3) is 0 Å². The van der Waals surface area contributed by atoms with E-state index in [0.717, 1.165) is 17.4 Å². The highest BCUT2D eigenvalue weighted by Crippen LogP contribution is 2.42. The summed E-state index contributed by atoms with van der Waals surface area (Å²) >= 11 is 0. The number of aromatic amines is 1. The van der Waals surface area contributed by atoms with Crippen molar-refractivity contribution in [1.82, 2.24) is 9.55 Å². The van der Waals surface area contributed by atoms with Gasteiger partial charge in [-0.15, -0.1) is 0 Å². The maximum Gasteiger partial charge on any atom is 0.353 e. The van der Waals surface area contributed by atoms with E-state index >= 15 is 0 Å². The van der Waals surface area contributed by atoms with E-state index in [1.165, 1.54) is 77.0 Å². The van der Waals surface area contributed by atoms with Crippen LogP contribution in [0.1, 0.15) is 103 Å². The van der Waals surface area contributed by atoms with Crippen molar-refractivity contribution in [3.05, 3.63) is 32.9 Å². The van der Waals surface area contributed by atoms with Gasteiger partial charge >= 0.3 is 13.3 Å². The number of hydrogen-bond donors (Lipinski definition) is 3. The highest BCUT2D eigenvalue weighted by molar-refractivity contribution is 7.52. The summed E-state index contributed by atoms with van der Waals surface area (Å²) in [7, 11) is -4.09. The van der Waals surface area contributed by atoms with Crippen LogP contribution in [0, 0.1) is 5.82 Å². The van der Waals surface area contributed by atoms with Crippen LogP contribution in [-0.4, -0.2) is 58.4 Å². The topological polar surface area (TPSA) is 140 Å². The van der Waals surface area contributed by atoms with E-state index in [4.69, 9.17) is 14.0 Å². The van der Waals surface area contributed by atoms with Crippen LogP contribution in [0.4, 0.5) is 4.39 Å². The lowest BCUT2D eigenvalue weighted by Gasteiger charge is -2.19. The van der Waals surface area contributed by atoms with Gasteiger partial charge in [0.25, 0.3) is 5.56 Å². The van der Waals surface area contributed by atoms with Crippen LogP contribution in [0.3, 0.4) is 0 Å². The van der Waals surface area contributed by atoms with Crippen molar-refractivity contribution >= 4 is 7.60 Å². The van der Waals surface area contributed by atoms with Crippen molar-refractivity contribution in [3.63, 3.8) is 0 Å². The summed E-state index contributed by atoms with van der Waals surface area (Å²) < 4.78 is 42.1. The van der Waals surface area contributed by atoms with Gasteiger partial charge in [0.05, 0.1) is 32.1 Å². The smallest absolute Gasteiger partial charge is 0.353 e. The minimum atomic E-state index is -4.09. The summed E-state index contributed by atoms with van der Waals surface area (Å²) in [6.45, 7) is 2.40. The third-order valence-electron chi connectivity index (χ3n) is 6.41. The molecular weight excluding hydrogens is 530 g/mol. The van der Waals surface area contributed by atoms with E-state index in [2.05, 4.69) is 6.92 Å². The monoisotopic (exact) mass is 580 g/mol. The molecule has 2 atom stereocenters. The summed E-state index contributed by atoms with van der Waals surface area (Å²) in [6.07, 6.45) is 17.6. The van der Waals surface area contributed by atoms with E-state index in [1.807, 2.05) is 0 Å². The number of aliphatic hydroxyl groups excluding tert-OH is 1. The molecule has 3 N–H and O–H groups in total. The number of rotatable bonds is 26. The third kappa shape index (κ3) is 18.6. The number of halogens is 1. The Morgan fingerprint density at radius 2 is 1.44 bits per heavy atom. The molecule has 0 aromatic carbocycles. The zero-order chi connectivity index (χ0) is 28.8. The maximum absolute atomic E-state index is 13.4. The van der Waals surface area contributed by atoms with Crippen molar-refractivity contribution in [1.29, 1.82) is 0 Å². The molecule has 0 spiro atoms. The van der Waals surface area contributed by atoms with Gasteiger partial charge in [0.1, 0.15) is 6.35 Å². The molecule has 1 unspecified atom stereocenters. The molecule has 1 rings (SSSR count). The number of nitrogens with one attached hydrogen (secondary N) is 1. The van der Waals surface area contributed by atoms with Crippen molar-refractivity contribution in [2.75, 3.05) is 32.8 Å². The summed E-state index contributed by atoms with van der Waals surface area (Å²) in [5.41, 5.74) is -2.05. The zero-order valence-electron chi connectivity index (χ0n) is 23.6. The molecular formula is C27H50FN2O8P. The van der Waals surface area contributed by atoms with Gasteiger partial charge < -0.3 is 24.0 Å². The van der Waals surface area contributed by atoms with Gasteiger partial charge in [-0.3, -0.25) is 18.9 Å². The quantitative estimate of drug-likeness (QED) is 0.102. The van der Waals surface area contributed by atoms with Crippen molar-refractivity contribution < 1.29 is 33.0 Å². The third-order valence-corrected chi connectivity index (χ3v) is 7.47. The normalized spacial score (nSPS) is 13.9. The van der Waals surface area contributed by atoms with E-state index in [0.29, 0.717) is 25.8 Å². The number of ether oxygens (including phenoxy) is 2. The number of aliphatic hydroxyl groups is 1. The lowest BCUT2D eigenvalue weighted by Crippen LogP contribution is -2.36. The second-order valence-electron chi connectivity index (χ2n) is 10.0. The van der Waals surface area contributed by atoms with Crippen LogP contribution < -0.4 is 11.2 Å². The Kier molecular flexibility index (Phi) is 20.4. The van der Waals surface area contributed by atoms with Gasteiger partial charge in [0, 0.05) is 13.2 Å². The summed E-state index contributed by atoms with van der Waals surface area (Å²) in [4.78, 5) is 34.5. The van der Waals surface area contributed by atoms with Crippen LogP contribution >= 0.6 is 7.60 Å². The Balaban J connectivity index is 1.99. The lowest BCUT2D eigenvalue weighted by molar-refractivity contribution is 0.0160. The molecule has 1 aromatic rings. The Bertz CT molecular complexity index is 911. The van der Waals surface area contributed by atoms with Gasteiger partial charge in [-0.2, -0.15) is 4.39 Å². The fraction of sp³-hybridized carbons (Fsp3) is 0.852. The highest BCUT2D eigenvalue weighted by atomic mass is 31.2. The molecule has 228 valence electrons. The molecule has 0 aliphatic heterocycles. The molecule has 0 aliphatic rings. The van der Waals surface area contributed by atoms with Gasteiger partial charge in [-0.1, -0.05) is 90.4 Å². The van der Waals surface area contributed by atoms with Gasteiger partial charge in [0.15, 0.2) is 0 Å². The summed E-state index contributed by atoms with van der Waals surface area (Å²) in [6, 6.07) is 0. The fourth-order valence-corrected chi connectivity index (χ4v) is 4.99. The Morgan fingerprint density at radius 1 is 0.897 bits per heavy atom. The number of H-pyrrole nitrogens is 1. The standard InChI is InChI=1S/C27H50FN2O8P/c1-2-3-4-5-6-7-8-9-10-11-12-13-14-15-17-36-18-16-19-38-39(34,35)23-37-24(22-31)20-30-21-25(28)26(32)29-27(30)33/h21,24,31H,2-20,22-23H2,1H3,(H,34,35)(H,29,32,33)/t24-/m0/s1. The molecule has 1 aromatic heterocycles. The molecule has 0 fully saturated rings. The van der Waals surface area contributed by atoms with Crippen LogP contribution in [0.5, 0.6) is 0 Å². The predicted octanol–water partition coefficient (Wildman–Crippen LogP) is 5.10. The van der Waals surface area contributed by atoms with E-state index in [1.54, 1.807) is 4.98 Å². The molecule has 0 amide bonds. The van der Waals surface area contributed by atoms with Crippen LogP contribution in [0.2, 0.25) is 0 Å². The van der Waals surface area contributed by atoms with Gasteiger partial charge in [0.2, 0.25) is 5.82 Å². The highest BCUT2D eigenvalue weighted by Gasteiger charge is 2.23. The van der Waals surface area contributed by atoms with Gasteiger partial charge in [-0.05, 0) is 12.8 Å². The zero-order valence-corrected chi connectivity index (χ0v) is 24.5. The first kappa shape index (κ1) is 35.7. The average Bonchev–Trinajstić information content (AvgIpc) is 2.90. The molecule has 0 radical (unpaired) electrons. The molecule has 10 nitrogen and oxygen atoms in total. The number of hydrogen-bond acceptors (Lipinski definition) is 7. The number of nitrogens with zero attached hydrogens (tertiary/aromatic N) is 1. The Morgan fingerprint density at radius 3 is 2.00 bits per heavy atom. The molecule has 12 heteroatoms. The largest absolute Gasteiger partial charge is 0.394 e. The van der Waals surface area contributed by atoms with E-state index in [9.17, 15) is 28.5 Å². The molecule has 0 saturated heterocycles. The fourth-order valence-electron chi connectivity index (χ4n) is 4.11. The first-order chi connectivity index (χ1) is 18.8. The molecule has 1 heterocycles. The van der Waals surface area contributed by atoms with E-state index < -0.39 is 43.7 Å². The van der Waals surface area contributed by atoms with Gasteiger partial charge in [-0.25, -0.2) is 4.79 Å². The minimum absolute atomic E-state index is 0.00423.